The molecule has 0 unspecified atom stereocenters. The van der Waals surface area contributed by atoms with Gasteiger partial charge in [-0.25, -0.2) is 0 Å². The SMILES string of the molecule is O=C1NC[C@@H](O)Cn2nc(C(=O)N(Cc3ccccc3)C3CCCC3)cc21. The van der Waals surface area contributed by atoms with E-state index < -0.39 is 6.10 Å². The summed E-state index contributed by atoms with van der Waals surface area (Å²) < 4.78 is 1.44. The second kappa shape index (κ2) is 7.52. The second-order valence-electron chi connectivity index (χ2n) is 7.32. The van der Waals surface area contributed by atoms with Crippen molar-refractivity contribution in [2.75, 3.05) is 6.54 Å². The largest absolute Gasteiger partial charge is 0.389 e. The van der Waals surface area contributed by atoms with Gasteiger partial charge in [-0.1, -0.05) is 43.2 Å². The van der Waals surface area contributed by atoms with Crippen molar-refractivity contribution in [3.05, 3.63) is 53.3 Å². The zero-order chi connectivity index (χ0) is 18.8. The summed E-state index contributed by atoms with van der Waals surface area (Å²) in [6.07, 6.45) is 3.51. The molecule has 2 aliphatic rings. The van der Waals surface area contributed by atoms with Gasteiger partial charge in [-0.15, -0.1) is 0 Å². The molecule has 2 amide bonds. The van der Waals surface area contributed by atoms with Crippen molar-refractivity contribution in [3.63, 3.8) is 0 Å². The van der Waals surface area contributed by atoms with Gasteiger partial charge in [-0.3, -0.25) is 14.3 Å². The number of carbonyl (C=O) groups is 2. The molecule has 1 saturated carbocycles. The fraction of sp³-hybridized carbons (Fsp3) is 0.450. The quantitative estimate of drug-likeness (QED) is 0.858. The number of rotatable bonds is 4. The van der Waals surface area contributed by atoms with Gasteiger partial charge in [0.05, 0.1) is 12.6 Å². The molecule has 0 spiro atoms. The van der Waals surface area contributed by atoms with Crippen LogP contribution in [0, 0.1) is 0 Å². The predicted molar refractivity (Wildman–Crippen MR) is 99.1 cm³/mol. The highest BCUT2D eigenvalue weighted by Crippen LogP contribution is 2.26. The Balaban J connectivity index is 1.62. The molecule has 4 rings (SSSR count). The van der Waals surface area contributed by atoms with Crippen LogP contribution in [0.15, 0.2) is 36.4 Å². The van der Waals surface area contributed by atoms with Crippen LogP contribution >= 0.6 is 0 Å². The number of amides is 2. The first-order valence-electron chi connectivity index (χ1n) is 9.51. The van der Waals surface area contributed by atoms with Crippen LogP contribution in [-0.4, -0.2) is 50.3 Å². The highest BCUT2D eigenvalue weighted by Gasteiger charge is 2.31. The summed E-state index contributed by atoms with van der Waals surface area (Å²) in [7, 11) is 0. The van der Waals surface area contributed by atoms with Gasteiger partial charge < -0.3 is 15.3 Å². The molecule has 142 valence electrons. The van der Waals surface area contributed by atoms with Crippen LogP contribution in [0.1, 0.15) is 52.2 Å². The molecule has 0 saturated heterocycles. The molecule has 7 heteroatoms. The first-order valence-corrected chi connectivity index (χ1v) is 9.51. The van der Waals surface area contributed by atoms with Crippen LogP contribution in [0.2, 0.25) is 0 Å². The molecule has 2 aromatic rings. The molecule has 1 aliphatic carbocycles. The van der Waals surface area contributed by atoms with Crippen molar-refractivity contribution in [2.45, 2.75) is 50.9 Å². The van der Waals surface area contributed by atoms with Gasteiger partial charge in [-0.2, -0.15) is 5.10 Å². The minimum atomic E-state index is -0.715. The maximum atomic E-state index is 13.3. The number of nitrogens with zero attached hydrogens (tertiary/aromatic N) is 3. The number of β-amino-alcohol motifs (C(OH)–C–C–N with tert-alkyl or cyclic N) is 1. The Morgan fingerprint density at radius 2 is 2.00 bits per heavy atom. The van der Waals surface area contributed by atoms with Crippen LogP contribution in [0.4, 0.5) is 0 Å². The average Bonchev–Trinajstić information content (AvgIpc) is 3.32. The summed E-state index contributed by atoms with van der Waals surface area (Å²) in [6, 6.07) is 11.7. The van der Waals surface area contributed by atoms with Gasteiger partial charge in [0.15, 0.2) is 5.69 Å². The van der Waals surface area contributed by atoms with Crippen molar-refractivity contribution in [2.24, 2.45) is 0 Å². The molecule has 1 aromatic heterocycles. The monoisotopic (exact) mass is 368 g/mol. The fourth-order valence-electron chi connectivity index (χ4n) is 3.92. The Hall–Kier alpha value is -2.67. The van der Waals surface area contributed by atoms with E-state index in [1.165, 1.54) is 4.68 Å². The molecule has 1 fully saturated rings. The lowest BCUT2D eigenvalue weighted by atomic mass is 10.1. The van der Waals surface area contributed by atoms with E-state index in [-0.39, 0.29) is 36.6 Å². The highest BCUT2D eigenvalue weighted by atomic mass is 16.3. The Bertz CT molecular complexity index is 827. The Kier molecular flexibility index (Phi) is 4.94. The molecular formula is C20H24N4O3. The van der Waals surface area contributed by atoms with Gasteiger partial charge in [0.25, 0.3) is 11.8 Å². The van der Waals surface area contributed by atoms with E-state index in [1.54, 1.807) is 6.07 Å². The summed E-state index contributed by atoms with van der Waals surface area (Å²) >= 11 is 0. The summed E-state index contributed by atoms with van der Waals surface area (Å²) in [5.41, 5.74) is 1.66. The average molecular weight is 368 g/mol. The third-order valence-corrected chi connectivity index (χ3v) is 5.34. The molecular weight excluding hydrogens is 344 g/mol. The van der Waals surface area contributed by atoms with Crippen LogP contribution < -0.4 is 5.32 Å². The second-order valence-corrected chi connectivity index (χ2v) is 7.32. The Morgan fingerprint density at radius 1 is 1.26 bits per heavy atom. The minimum absolute atomic E-state index is 0.159. The van der Waals surface area contributed by atoms with Gasteiger partial charge in [0.2, 0.25) is 0 Å². The van der Waals surface area contributed by atoms with Crippen LogP contribution in [0.3, 0.4) is 0 Å². The lowest BCUT2D eigenvalue weighted by Crippen LogP contribution is -2.38. The number of hydrogen-bond acceptors (Lipinski definition) is 4. The van der Waals surface area contributed by atoms with E-state index in [0.29, 0.717) is 12.2 Å². The van der Waals surface area contributed by atoms with Crippen molar-refractivity contribution < 1.29 is 14.7 Å². The summed E-state index contributed by atoms with van der Waals surface area (Å²) in [6.45, 7) is 0.915. The molecule has 1 atom stereocenters. The number of aliphatic hydroxyl groups excluding tert-OH is 1. The standard InChI is InChI=1S/C20H24N4O3/c25-16-11-21-19(26)18-10-17(22-24(18)13-16)20(27)23(15-8-4-5-9-15)12-14-6-2-1-3-7-14/h1-3,6-7,10,15-16,25H,4-5,8-9,11-13H2,(H,21,26)/t16-/m1/s1. The molecule has 2 heterocycles. The van der Waals surface area contributed by atoms with E-state index in [0.717, 1.165) is 31.2 Å². The molecule has 27 heavy (non-hydrogen) atoms. The molecule has 2 N–H and O–H groups in total. The normalized spacial score (nSPS) is 20.0. The maximum Gasteiger partial charge on any atom is 0.274 e. The number of nitrogens with one attached hydrogen (secondary N) is 1. The number of benzene rings is 1. The van der Waals surface area contributed by atoms with E-state index in [9.17, 15) is 14.7 Å². The first-order chi connectivity index (χ1) is 13.1. The van der Waals surface area contributed by atoms with Gasteiger partial charge in [-0.05, 0) is 18.4 Å². The zero-order valence-electron chi connectivity index (χ0n) is 15.2. The third-order valence-electron chi connectivity index (χ3n) is 5.34. The van der Waals surface area contributed by atoms with E-state index in [2.05, 4.69) is 10.4 Å². The van der Waals surface area contributed by atoms with Crippen LogP contribution in [0.25, 0.3) is 0 Å². The van der Waals surface area contributed by atoms with Crippen LogP contribution in [-0.2, 0) is 13.1 Å². The molecule has 0 radical (unpaired) electrons. The summed E-state index contributed by atoms with van der Waals surface area (Å²) in [5.74, 6) is -0.470. The smallest absolute Gasteiger partial charge is 0.274 e. The molecule has 0 bridgehead atoms. The van der Waals surface area contributed by atoms with Gasteiger partial charge in [0, 0.05) is 25.2 Å². The lowest BCUT2D eigenvalue weighted by Gasteiger charge is -2.28. The molecule has 7 nitrogen and oxygen atoms in total. The van der Waals surface area contributed by atoms with E-state index in [4.69, 9.17) is 0 Å². The van der Waals surface area contributed by atoms with Crippen molar-refractivity contribution in [1.82, 2.24) is 20.0 Å². The zero-order valence-corrected chi connectivity index (χ0v) is 15.2. The van der Waals surface area contributed by atoms with Crippen molar-refractivity contribution in [3.8, 4) is 0 Å². The van der Waals surface area contributed by atoms with Crippen molar-refractivity contribution >= 4 is 11.8 Å². The number of hydrogen-bond donors (Lipinski definition) is 2. The van der Waals surface area contributed by atoms with E-state index in [1.807, 2.05) is 35.2 Å². The van der Waals surface area contributed by atoms with Crippen LogP contribution in [0.5, 0.6) is 0 Å². The summed E-state index contributed by atoms with van der Waals surface area (Å²) in [5, 5.41) is 16.9. The van der Waals surface area contributed by atoms with Gasteiger partial charge in [0.1, 0.15) is 5.69 Å². The van der Waals surface area contributed by atoms with E-state index >= 15 is 0 Å². The first kappa shape index (κ1) is 17.7. The number of aliphatic hydroxyl groups is 1. The molecule has 1 aliphatic heterocycles. The Labute approximate surface area is 158 Å². The topological polar surface area (TPSA) is 87.5 Å². The number of aromatic nitrogens is 2. The highest BCUT2D eigenvalue weighted by molar-refractivity contribution is 5.98. The Morgan fingerprint density at radius 3 is 2.74 bits per heavy atom. The molecule has 1 aromatic carbocycles. The van der Waals surface area contributed by atoms with Gasteiger partial charge >= 0.3 is 0 Å². The third kappa shape index (κ3) is 3.73. The maximum absolute atomic E-state index is 13.3. The minimum Gasteiger partial charge on any atom is -0.389 e. The number of fused-ring (bicyclic) bond motifs is 1. The summed E-state index contributed by atoms with van der Waals surface area (Å²) in [4.78, 5) is 27.4. The predicted octanol–water partition coefficient (Wildman–Crippen LogP) is 1.57. The fourth-order valence-corrected chi connectivity index (χ4v) is 3.92. The van der Waals surface area contributed by atoms with Crippen molar-refractivity contribution in [1.29, 1.82) is 0 Å². The lowest BCUT2D eigenvalue weighted by molar-refractivity contribution is 0.0656. The number of carbonyl (C=O) groups excluding carboxylic acids is 2.